The van der Waals surface area contributed by atoms with E-state index in [2.05, 4.69) is 10.3 Å². The van der Waals surface area contributed by atoms with Crippen molar-refractivity contribution in [2.75, 3.05) is 5.32 Å². The Balaban J connectivity index is 1.76. The number of primary amides is 1. The molecule has 0 saturated carbocycles. The highest BCUT2D eigenvalue weighted by molar-refractivity contribution is 6.07. The zero-order valence-electron chi connectivity index (χ0n) is 17.6. The minimum absolute atomic E-state index is 0.00958. The molecule has 0 bridgehead atoms. The van der Waals surface area contributed by atoms with Crippen LogP contribution in [0.15, 0.2) is 91.1 Å². The third-order valence-corrected chi connectivity index (χ3v) is 5.14. The first-order valence-corrected chi connectivity index (χ1v) is 10.2. The number of pyridine rings is 1. The standard InChI is InChI=1S/C26H18F3N3O2/c27-26(28,29)21-12-11-18(13-20(21)16-7-3-1-4-8-16)25(34)32-22-14-19(24(30)33)15-31-23(22)17-9-5-2-6-10-17/h1-15H,(H2,30,33)(H,32,34). The van der Waals surface area contributed by atoms with Crippen LogP contribution in [0.4, 0.5) is 18.9 Å². The number of hydrogen-bond acceptors (Lipinski definition) is 3. The average molecular weight is 461 g/mol. The van der Waals surface area contributed by atoms with Gasteiger partial charge in [0.25, 0.3) is 5.91 Å². The van der Waals surface area contributed by atoms with Gasteiger partial charge in [-0.25, -0.2) is 0 Å². The van der Waals surface area contributed by atoms with Gasteiger partial charge in [-0.3, -0.25) is 14.6 Å². The van der Waals surface area contributed by atoms with Crippen LogP contribution in [-0.4, -0.2) is 16.8 Å². The van der Waals surface area contributed by atoms with Crippen molar-refractivity contribution >= 4 is 17.5 Å². The first-order valence-electron chi connectivity index (χ1n) is 10.2. The number of nitrogens with one attached hydrogen (secondary N) is 1. The number of nitrogens with zero attached hydrogens (tertiary/aromatic N) is 1. The lowest BCUT2D eigenvalue weighted by Crippen LogP contribution is -2.17. The van der Waals surface area contributed by atoms with E-state index in [1.807, 2.05) is 6.07 Å². The fourth-order valence-corrected chi connectivity index (χ4v) is 3.50. The summed E-state index contributed by atoms with van der Waals surface area (Å²) in [6, 6.07) is 21.5. The highest BCUT2D eigenvalue weighted by atomic mass is 19.4. The number of halogens is 3. The molecular formula is C26H18F3N3O2. The van der Waals surface area contributed by atoms with Gasteiger partial charge in [0, 0.05) is 17.3 Å². The summed E-state index contributed by atoms with van der Waals surface area (Å²) in [5.41, 5.74) is 6.06. The van der Waals surface area contributed by atoms with Gasteiger partial charge in [0.1, 0.15) is 0 Å². The molecule has 0 fully saturated rings. The Kier molecular flexibility index (Phi) is 6.14. The number of nitrogens with two attached hydrogens (primary N) is 1. The highest BCUT2D eigenvalue weighted by Gasteiger charge is 2.34. The van der Waals surface area contributed by atoms with Crippen LogP contribution in [0.2, 0.25) is 0 Å². The molecule has 1 aromatic heterocycles. The van der Waals surface area contributed by atoms with Crippen LogP contribution in [0, 0.1) is 0 Å². The van der Waals surface area contributed by atoms with Gasteiger partial charge in [-0.2, -0.15) is 13.2 Å². The Hall–Kier alpha value is -4.46. The minimum atomic E-state index is -4.60. The van der Waals surface area contributed by atoms with Crippen molar-refractivity contribution in [2.45, 2.75) is 6.18 Å². The fourth-order valence-electron chi connectivity index (χ4n) is 3.50. The largest absolute Gasteiger partial charge is 0.417 e. The third-order valence-electron chi connectivity index (χ3n) is 5.14. The molecule has 1 heterocycles. The molecule has 0 saturated heterocycles. The highest BCUT2D eigenvalue weighted by Crippen LogP contribution is 2.38. The second-order valence-corrected chi connectivity index (χ2v) is 7.43. The van der Waals surface area contributed by atoms with Gasteiger partial charge < -0.3 is 11.1 Å². The molecule has 0 aliphatic rings. The quantitative estimate of drug-likeness (QED) is 0.395. The average Bonchev–Trinajstić information content (AvgIpc) is 2.84. The van der Waals surface area contributed by atoms with Gasteiger partial charge in [0.2, 0.25) is 5.91 Å². The smallest absolute Gasteiger partial charge is 0.366 e. The number of carbonyl (C=O) groups is 2. The molecule has 0 aliphatic carbocycles. The lowest BCUT2D eigenvalue weighted by molar-refractivity contribution is -0.137. The number of hydrogen-bond donors (Lipinski definition) is 2. The summed E-state index contributed by atoms with van der Waals surface area (Å²) in [5.74, 6) is -1.39. The van der Waals surface area contributed by atoms with Crippen LogP contribution in [0.25, 0.3) is 22.4 Å². The molecule has 5 nitrogen and oxygen atoms in total. The molecule has 0 aliphatic heterocycles. The Bertz CT molecular complexity index is 1360. The molecule has 2 amide bonds. The molecule has 0 spiro atoms. The van der Waals surface area contributed by atoms with Crippen molar-refractivity contribution in [1.29, 1.82) is 0 Å². The SMILES string of the molecule is NC(=O)c1cnc(-c2ccccc2)c(NC(=O)c2ccc(C(F)(F)F)c(-c3ccccc3)c2)c1. The summed E-state index contributed by atoms with van der Waals surface area (Å²) in [6.45, 7) is 0. The number of anilines is 1. The van der Waals surface area contributed by atoms with Gasteiger partial charge in [-0.05, 0) is 35.4 Å². The van der Waals surface area contributed by atoms with E-state index in [-0.39, 0.29) is 22.4 Å². The first-order chi connectivity index (χ1) is 16.2. The van der Waals surface area contributed by atoms with E-state index >= 15 is 0 Å². The molecule has 8 heteroatoms. The minimum Gasteiger partial charge on any atom is -0.366 e. The van der Waals surface area contributed by atoms with Crippen molar-refractivity contribution in [1.82, 2.24) is 4.98 Å². The van der Waals surface area contributed by atoms with Crippen molar-refractivity contribution in [3.63, 3.8) is 0 Å². The van der Waals surface area contributed by atoms with Crippen molar-refractivity contribution < 1.29 is 22.8 Å². The number of carbonyl (C=O) groups excluding carboxylic acids is 2. The Morgan fingerprint density at radius 2 is 1.41 bits per heavy atom. The normalized spacial score (nSPS) is 11.1. The van der Waals surface area contributed by atoms with Crippen LogP contribution in [0.3, 0.4) is 0 Å². The summed E-state index contributed by atoms with van der Waals surface area (Å²) in [5, 5.41) is 2.67. The molecule has 3 N–H and O–H groups in total. The molecule has 3 aromatic carbocycles. The second-order valence-electron chi connectivity index (χ2n) is 7.43. The van der Waals surface area contributed by atoms with Crippen molar-refractivity contribution in [2.24, 2.45) is 5.73 Å². The van der Waals surface area contributed by atoms with E-state index < -0.39 is 23.6 Å². The van der Waals surface area contributed by atoms with Crippen LogP contribution >= 0.6 is 0 Å². The van der Waals surface area contributed by atoms with E-state index in [1.54, 1.807) is 54.6 Å². The summed E-state index contributed by atoms with van der Waals surface area (Å²) in [7, 11) is 0. The van der Waals surface area contributed by atoms with Gasteiger partial charge in [-0.15, -0.1) is 0 Å². The van der Waals surface area contributed by atoms with E-state index in [0.717, 1.165) is 12.1 Å². The summed E-state index contributed by atoms with van der Waals surface area (Å²) < 4.78 is 40.9. The van der Waals surface area contributed by atoms with Gasteiger partial charge >= 0.3 is 6.18 Å². The summed E-state index contributed by atoms with van der Waals surface area (Å²) >= 11 is 0. The van der Waals surface area contributed by atoms with Gasteiger partial charge in [0.05, 0.1) is 22.5 Å². The second kappa shape index (κ2) is 9.19. The number of aromatic nitrogens is 1. The Labute approximate surface area is 193 Å². The Morgan fingerprint density at radius 1 is 0.794 bits per heavy atom. The van der Waals surface area contributed by atoms with E-state index in [9.17, 15) is 22.8 Å². The zero-order chi connectivity index (χ0) is 24.3. The topological polar surface area (TPSA) is 85.1 Å². The van der Waals surface area contributed by atoms with Crippen molar-refractivity contribution in [3.05, 3.63) is 108 Å². The molecule has 4 rings (SSSR count). The lowest BCUT2D eigenvalue weighted by Gasteiger charge is -2.16. The number of rotatable bonds is 5. The maximum Gasteiger partial charge on any atom is 0.417 e. The van der Waals surface area contributed by atoms with E-state index in [0.29, 0.717) is 16.8 Å². The molecule has 0 radical (unpaired) electrons. The number of amides is 2. The van der Waals surface area contributed by atoms with Crippen LogP contribution in [0.5, 0.6) is 0 Å². The molecule has 34 heavy (non-hydrogen) atoms. The Morgan fingerprint density at radius 3 is 2.00 bits per heavy atom. The molecular weight excluding hydrogens is 443 g/mol. The maximum atomic E-state index is 13.6. The number of benzene rings is 3. The van der Waals surface area contributed by atoms with Crippen LogP contribution in [-0.2, 0) is 6.18 Å². The molecule has 0 unspecified atom stereocenters. The summed E-state index contributed by atoms with van der Waals surface area (Å²) in [6.07, 6.45) is -3.30. The van der Waals surface area contributed by atoms with Gasteiger partial charge in [0.15, 0.2) is 0 Å². The van der Waals surface area contributed by atoms with E-state index in [4.69, 9.17) is 5.73 Å². The molecule has 4 aromatic rings. The first kappa shape index (κ1) is 22.7. The number of alkyl halides is 3. The van der Waals surface area contributed by atoms with Crippen molar-refractivity contribution in [3.8, 4) is 22.4 Å². The third kappa shape index (κ3) is 4.80. The fraction of sp³-hybridized carbons (Fsp3) is 0.0385. The monoisotopic (exact) mass is 461 g/mol. The summed E-state index contributed by atoms with van der Waals surface area (Å²) in [4.78, 5) is 29.0. The lowest BCUT2D eigenvalue weighted by atomic mass is 9.96. The van der Waals surface area contributed by atoms with Crippen LogP contribution in [0.1, 0.15) is 26.3 Å². The zero-order valence-corrected chi connectivity index (χ0v) is 17.6. The maximum absolute atomic E-state index is 13.6. The van der Waals surface area contributed by atoms with E-state index in [1.165, 1.54) is 18.3 Å². The molecule has 0 atom stereocenters. The predicted molar refractivity (Wildman–Crippen MR) is 123 cm³/mol. The van der Waals surface area contributed by atoms with Crippen LogP contribution < -0.4 is 11.1 Å². The van der Waals surface area contributed by atoms with Gasteiger partial charge in [-0.1, -0.05) is 60.7 Å². The molecule has 170 valence electrons. The predicted octanol–water partition coefficient (Wildman–Crippen LogP) is 5.79.